The van der Waals surface area contributed by atoms with Gasteiger partial charge in [-0.15, -0.1) is 0 Å². The Morgan fingerprint density at radius 3 is 2.46 bits per heavy atom. The molecule has 2 atom stereocenters. The van der Waals surface area contributed by atoms with Crippen molar-refractivity contribution < 1.29 is 19.1 Å². The smallest absolute Gasteiger partial charge is 0.307 e. The molecule has 0 spiro atoms. The Morgan fingerprint density at radius 2 is 1.81 bits per heavy atom. The zero-order valence-electron chi connectivity index (χ0n) is 15.2. The number of Topliss-reactive ketones (excluding diaryl/α,β-unsaturated/α-hetero) is 1. The Morgan fingerprint density at radius 1 is 1.12 bits per heavy atom. The van der Waals surface area contributed by atoms with Crippen molar-refractivity contribution in [3.8, 4) is 5.75 Å². The number of ether oxygens (including phenoxy) is 2. The molecule has 0 N–H and O–H groups in total. The van der Waals surface area contributed by atoms with Gasteiger partial charge >= 0.3 is 5.97 Å². The molecule has 1 fully saturated rings. The minimum absolute atomic E-state index is 0.106. The van der Waals surface area contributed by atoms with Gasteiger partial charge < -0.3 is 9.47 Å². The third kappa shape index (κ3) is 4.31. The first-order valence-corrected chi connectivity index (χ1v) is 8.98. The molecule has 1 saturated heterocycles. The summed E-state index contributed by atoms with van der Waals surface area (Å²) in [6.07, 6.45) is 1.77. The Balaban J connectivity index is 1.58. The second-order valence-electron chi connectivity index (χ2n) is 6.80. The molecule has 0 saturated carbocycles. The molecule has 2 aromatic rings. The van der Waals surface area contributed by atoms with E-state index in [2.05, 4.69) is 0 Å². The van der Waals surface area contributed by atoms with Crippen molar-refractivity contribution in [1.29, 1.82) is 0 Å². The zero-order chi connectivity index (χ0) is 18.5. The lowest BCUT2D eigenvalue weighted by atomic mass is 9.88. The van der Waals surface area contributed by atoms with Gasteiger partial charge in [-0.25, -0.2) is 0 Å². The van der Waals surface area contributed by atoms with Crippen LogP contribution in [0, 0.1) is 12.8 Å². The van der Waals surface area contributed by atoms with Crippen LogP contribution in [0.5, 0.6) is 5.75 Å². The monoisotopic (exact) mass is 352 g/mol. The average Bonchev–Trinajstić information content (AvgIpc) is 3.04. The normalized spacial score (nSPS) is 19.2. The third-order valence-corrected chi connectivity index (χ3v) is 4.88. The van der Waals surface area contributed by atoms with Gasteiger partial charge in [0.2, 0.25) is 0 Å². The van der Waals surface area contributed by atoms with Crippen molar-refractivity contribution in [3.05, 3.63) is 65.2 Å². The quantitative estimate of drug-likeness (QED) is 0.701. The molecule has 0 amide bonds. The summed E-state index contributed by atoms with van der Waals surface area (Å²) in [4.78, 5) is 24.5. The first-order chi connectivity index (χ1) is 12.6. The lowest BCUT2D eigenvalue weighted by molar-refractivity contribution is -0.141. The lowest BCUT2D eigenvalue weighted by Gasteiger charge is -2.17. The highest BCUT2D eigenvalue weighted by molar-refractivity contribution is 5.88. The standard InChI is InChI=1S/C22H24O4/c1-15-6-10-17(11-7-15)22-19(14-21(24)26-22)20(23)5-3-4-16-8-12-18(25-2)13-9-16/h6-13,19,22H,3-5,14H2,1-2H3/t19-,22-/m1/s1. The molecule has 0 unspecified atom stereocenters. The highest BCUT2D eigenvalue weighted by Crippen LogP contribution is 2.37. The predicted molar refractivity (Wildman–Crippen MR) is 99.1 cm³/mol. The fourth-order valence-electron chi connectivity index (χ4n) is 3.34. The molecule has 0 aliphatic carbocycles. The molecule has 4 heteroatoms. The minimum atomic E-state index is -0.448. The van der Waals surface area contributed by atoms with Crippen LogP contribution in [0.3, 0.4) is 0 Å². The molecule has 26 heavy (non-hydrogen) atoms. The van der Waals surface area contributed by atoms with E-state index in [9.17, 15) is 9.59 Å². The summed E-state index contributed by atoms with van der Waals surface area (Å²) in [5.41, 5.74) is 3.21. The largest absolute Gasteiger partial charge is 0.497 e. The van der Waals surface area contributed by atoms with Crippen molar-refractivity contribution in [3.63, 3.8) is 0 Å². The summed E-state index contributed by atoms with van der Waals surface area (Å²) in [7, 11) is 1.64. The van der Waals surface area contributed by atoms with Crippen LogP contribution in [-0.2, 0) is 20.7 Å². The lowest BCUT2D eigenvalue weighted by Crippen LogP contribution is -2.18. The second-order valence-corrected chi connectivity index (χ2v) is 6.80. The fourth-order valence-corrected chi connectivity index (χ4v) is 3.34. The summed E-state index contributed by atoms with van der Waals surface area (Å²) >= 11 is 0. The van der Waals surface area contributed by atoms with Crippen LogP contribution in [-0.4, -0.2) is 18.9 Å². The molecule has 0 aromatic heterocycles. The van der Waals surface area contributed by atoms with E-state index in [1.165, 1.54) is 5.56 Å². The van der Waals surface area contributed by atoms with Gasteiger partial charge in [0, 0.05) is 6.42 Å². The molecule has 1 aliphatic rings. The van der Waals surface area contributed by atoms with Gasteiger partial charge in [-0.3, -0.25) is 9.59 Å². The van der Waals surface area contributed by atoms with Gasteiger partial charge in [0.25, 0.3) is 0 Å². The van der Waals surface area contributed by atoms with E-state index in [-0.39, 0.29) is 24.1 Å². The van der Waals surface area contributed by atoms with Crippen LogP contribution < -0.4 is 4.74 Å². The molecule has 136 valence electrons. The molecule has 3 rings (SSSR count). The van der Waals surface area contributed by atoms with E-state index in [1.807, 2.05) is 55.5 Å². The van der Waals surface area contributed by atoms with E-state index < -0.39 is 6.10 Å². The third-order valence-electron chi connectivity index (χ3n) is 4.88. The van der Waals surface area contributed by atoms with Gasteiger partial charge in [-0.1, -0.05) is 42.0 Å². The molecular weight excluding hydrogens is 328 g/mol. The molecule has 1 heterocycles. The van der Waals surface area contributed by atoms with Crippen LogP contribution in [0.25, 0.3) is 0 Å². The van der Waals surface area contributed by atoms with E-state index in [0.29, 0.717) is 6.42 Å². The van der Waals surface area contributed by atoms with Crippen molar-refractivity contribution in [1.82, 2.24) is 0 Å². The Hall–Kier alpha value is -2.62. The number of esters is 1. The summed E-state index contributed by atoms with van der Waals surface area (Å²) < 4.78 is 10.6. The number of rotatable bonds is 7. The molecular formula is C22H24O4. The topological polar surface area (TPSA) is 52.6 Å². The molecule has 0 radical (unpaired) electrons. The Labute approximate surface area is 154 Å². The maximum Gasteiger partial charge on any atom is 0.307 e. The zero-order valence-corrected chi connectivity index (χ0v) is 15.2. The average molecular weight is 352 g/mol. The summed E-state index contributed by atoms with van der Waals surface area (Å²) in [6, 6.07) is 15.7. The first kappa shape index (κ1) is 18.2. The van der Waals surface area contributed by atoms with Crippen LogP contribution in [0.2, 0.25) is 0 Å². The maximum atomic E-state index is 12.7. The molecule has 1 aliphatic heterocycles. The predicted octanol–water partition coefficient (Wildman–Crippen LogP) is 4.20. The Bertz CT molecular complexity index is 762. The second kappa shape index (κ2) is 8.17. The Kier molecular flexibility index (Phi) is 5.71. The number of carbonyl (C=O) groups is 2. The summed E-state index contributed by atoms with van der Waals surface area (Å²) in [5, 5.41) is 0. The number of hydrogen-bond donors (Lipinski definition) is 0. The number of cyclic esters (lactones) is 1. The van der Waals surface area contributed by atoms with E-state index >= 15 is 0 Å². The number of aryl methyl sites for hydroxylation is 2. The highest BCUT2D eigenvalue weighted by atomic mass is 16.6. The minimum Gasteiger partial charge on any atom is -0.497 e. The van der Waals surface area contributed by atoms with Crippen molar-refractivity contribution in [2.75, 3.05) is 7.11 Å². The van der Waals surface area contributed by atoms with E-state index in [1.54, 1.807) is 7.11 Å². The fraction of sp³-hybridized carbons (Fsp3) is 0.364. The maximum absolute atomic E-state index is 12.7. The number of benzene rings is 2. The molecule has 4 nitrogen and oxygen atoms in total. The summed E-state index contributed by atoms with van der Waals surface area (Å²) in [5.74, 6) is 0.271. The van der Waals surface area contributed by atoms with Crippen LogP contribution in [0.4, 0.5) is 0 Å². The van der Waals surface area contributed by atoms with Gasteiger partial charge in [0.15, 0.2) is 0 Å². The van der Waals surface area contributed by atoms with Gasteiger partial charge in [0.05, 0.1) is 19.4 Å². The number of carbonyl (C=O) groups excluding carboxylic acids is 2. The van der Waals surface area contributed by atoms with E-state index in [0.717, 1.165) is 29.7 Å². The number of methoxy groups -OCH3 is 1. The van der Waals surface area contributed by atoms with E-state index in [4.69, 9.17) is 9.47 Å². The van der Waals surface area contributed by atoms with Gasteiger partial charge in [0.1, 0.15) is 17.6 Å². The highest BCUT2D eigenvalue weighted by Gasteiger charge is 2.39. The van der Waals surface area contributed by atoms with Crippen LogP contribution in [0.15, 0.2) is 48.5 Å². The van der Waals surface area contributed by atoms with Crippen molar-refractivity contribution in [2.45, 2.75) is 38.7 Å². The molecule has 2 aromatic carbocycles. The van der Waals surface area contributed by atoms with Gasteiger partial charge in [-0.2, -0.15) is 0 Å². The number of hydrogen-bond acceptors (Lipinski definition) is 4. The molecule has 0 bridgehead atoms. The number of ketones is 1. The van der Waals surface area contributed by atoms with Crippen molar-refractivity contribution >= 4 is 11.8 Å². The van der Waals surface area contributed by atoms with Gasteiger partial charge in [-0.05, 0) is 43.0 Å². The van der Waals surface area contributed by atoms with Crippen LogP contribution >= 0.6 is 0 Å². The first-order valence-electron chi connectivity index (χ1n) is 8.98. The van der Waals surface area contributed by atoms with Crippen LogP contribution in [0.1, 0.15) is 42.1 Å². The SMILES string of the molecule is COc1ccc(CCCC(=O)[C@H]2CC(=O)O[C@@H]2c2ccc(C)cc2)cc1. The van der Waals surface area contributed by atoms with Crippen molar-refractivity contribution in [2.24, 2.45) is 5.92 Å². The summed E-state index contributed by atoms with van der Waals surface area (Å²) in [6.45, 7) is 2.01.